The molecule has 34 heavy (non-hydrogen) atoms. The van der Waals surface area contributed by atoms with Crippen LogP contribution in [0.1, 0.15) is 66.6 Å². The van der Waals surface area contributed by atoms with Gasteiger partial charge in [0.15, 0.2) is 0 Å². The lowest BCUT2D eigenvalue weighted by Crippen LogP contribution is -2.55. The van der Waals surface area contributed by atoms with Crippen LogP contribution in [0.15, 0.2) is 18.2 Å². The van der Waals surface area contributed by atoms with Crippen LogP contribution in [-0.2, 0) is 11.2 Å². The van der Waals surface area contributed by atoms with Crippen molar-refractivity contribution in [1.82, 2.24) is 14.7 Å². The maximum absolute atomic E-state index is 13.1. The smallest absolute Gasteiger partial charge is 0.248 e. The number of hydrogen-bond donors (Lipinski definition) is 2. The molecule has 0 spiro atoms. The number of aryl methyl sites for hydroxylation is 1. The van der Waals surface area contributed by atoms with Crippen molar-refractivity contribution in [2.24, 2.45) is 17.4 Å². The lowest BCUT2D eigenvalue weighted by atomic mass is 10.0. The number of amides is 2. The fourth-order valence-corrected chi connectivity index (χ4v) is 6.75. The zero-order valence-corrected chi connectivity index (χ0v) is 20.0. The zero-order chi connectivity index (χ0) is 24.0. The third-order valence-electron chi connectivity index (χ3n) is 8.49. The number of nitrogens with zero attached hydrogens (tertiary/aromatic N) is 4. The Balaban J connectivity index is 1.18. The van der Waals surface area contributed by atoms with Crippen LogP contribution in [0, 0.1) is 17.2 Å². The number of carbonyl (C=O) groups excluding carboxylic acids is 2. The van der Waals surface area contributed by atoms with Crippen molar-refractivity contribution in [2.45, 2.75) is 75.7 Å². The zero-order valence-electron chi connectivity index (χ0n) is 20.0. The molecule has 8 nitrogen and oxygen atoms in total. The van der Waals surface area contributed by atoms with Crippen LogP contribution < -0.4 is 11.5 Å². The van der Waals surface area contributed by atoms with Crippen molar-refractivity contribution >= 4 is 11.8 Å². The molecule has 4 N–H and O–H groups in total. The van der Waals surface area contributed by atoms with E-state index in [4.69, 9.17) is 11.5 Å². The maximum Gasteiger partial charge on any atom is 0.248 e. The predicted octanol–water partition coefficient (Wildman–Crippen LogP) is 1.40. The molecule has 2 saturated heterocycles. The molecule has 4 aliphatic rings. The molecule has 1 saturated carbocycles. The SMILES string of the molecule is CCCC1CC1N(CC#N)C(=O)C(N)CN1C[C@@H]2CC1CN2C1CCc2cc(C(N)=O)ccc21. The summed E-state index contributed by atoms with van der Waals surface area (Å²) in [4.78, 5) is 31.4. The molecule has 0 aromatic heterocycles. The molecular weight excluding hydrogens is 428 g/mol. The molecule has 5 rings (SSSR count). The summed E-state index contributed by atoms with van der Waals surface area (Å²) < 4.78 is 0. The normalized spacial score (nSPS) is 30.7. The Kier molecular flexibility index (Phi) is 6.36. The van der Waals surface area contributed by atoms with Crippen molar-refractivity contribution in [3.05, 3.63) is 34.9 Å². The second-order valence-corrected chi connectivity index (χ2v) is 10.6. The number of nitrogens with two attached hydrogens (primary N) is 2. The second kappa shape index (κ2) is 9.29. The second-order valence-electron chi connectivity index (χ2n) is 10.6. The molecule has 8 heteroatoms. The van der Waals surface area contributed by atoms with Gasteiger partial charge in [-0.15, -0.1) is 0 Å². The van der Waals surface area contributed by atoms with E-state index >= 15 is 0 Å². The average molecular weight is 465 g/mol. The summed E-state index contributed by atoms with van der Waals surface area (Å²) in [5.74, 6) is 0.0860. The van der Waals surface area contributed by atoms with Gasteiger partial charge in [0.1, 0.15) is 6.54 Å². The number of likely N-dealkylation sites (tertiary alicyclic amines) is 2. The van der Waals surface area contributed by atoms with E-state index in [0.29, 0.717) is 36.2 Å². The van der Waals surface area contributed by atoms with Crippen LogP contribution in [0.2, 0.25) is 0 Å². The number of fused-ring (bicyclic) bond motifs is 3. The van der Waals surface area contributed by atoms with Gasteiger partial charge in [-0.1, -0.05) is 19.4 Å². The van der Waals surface area contributed by atoms with E-state index in [1.54, 1.807) is 4.90 Å². The van der Waals surface area contributed by atoms with E-state index in [1.165, 1.54) is 11.1 Å². The summed E-state index contributed by atoms with van der Waals surface area (Å²) in [7, 11) is 0. The number of rotatable bonds is 9. The van der Waals surface area contributed by atoms with Crippen molar-refractivity contribution in [2.75, 3.05) is 26.2 Å². The van der Waals surface area contributed by atoms with Crippen LogP contribution in [0.25, 0.3) is 0 Å². The molecule has 0 radical (unpaired) electrons. The summed E-state index contributed by atoms with van der Waals surface area (Å²) >= 11 is 0. The van der Waals surface area contributed by atoms with Gasteiger partial charge in [0, 0.05) is 49.4 Å². The lowest BCUT2D eigenvalue weighted by Gasteiger charge is -2.39. The third-order valence-corrected chi connectivity index (χ3v) is 8.49. The van der Waals surface area contributed by atoms with Gasteiger partial charge in [0.2, 0.25) is 11.8 Å². The van der Waals surface area contributed by atoms with Crippen molar-refractivity contribution < 1.29 is 9.59 Å². The summed E-state index contributed by atoms with van der Waals surface area (Å²) in [6.07, 6.45) is 6.37. The first-order chi connectivity index (χ1) is 16.4. The molecule has 3 fully saturated rings. The molecule has 1 aromatic carbocycles. The van der Waals surface area contributed by atoms with Gasteiger partial charge < -0.3 is 16.4 Å². The van der Waals surface area contributed by atoms with E-state index in [9.17, 15) is 14.9 Å². The summed E-state index contributed by atoms with van der Waals surface area (Å²) in [5, 5.41) is 9.25. The highest BCUT2D eigenvalue weighted by molar-refractivity contribution is 5.93. The van der Waals surface area contributed by atoms with Gasteiger partial charge in [-0.3, -0.25) is 19.4 Å². The minimum Gasteiger partial charge on any atom is -0.366 e. The summed E-state index contributed by atoms with van der Waals surface area (Å²) in [5.41, 5.74) is 15.0. The highest BCUT2D eigenvalue weighted by atomic mass is 16.2. The summed E-state index contributed by atoms with van der Waals surface area (Å²) in [6, 6.07) is 8.94. The molecule has 182 valence electrons. The Morgan fingerprint density at radius 1 is 1.26 bits per heavy atom. The largest absolute Gasteiger partial charge is 0.366 e. The van der Waals surface area contributed by atoms with Crippen molar-refractivity contribution in [3.8, 4) is 6.07 Å². The van der Waals surface area contributed by atoms with Gasteiger partial charge in [0.05, 0.1) is 12.1 Å². The Labute approximate surface area is 201 Å². The fraction of sp³-hybridized carbons (Fsp3) is 0.654. The molecule has 2 bridgehead atoms. The minimum absolute atomic E-state index is 0.0697. The van der Waals surface area contributed by atoms with E-state index in [0.717, 1.165) is 51.6 Å². The number of carbonyl (C=O) groups is 2. The first kappa shape index (κ1) is 23.3. The molecular formula is C26H36N6O2. The first-order valence-corrected chi connectivity index (χ1v) is 12.8. The molecule has 2 aliphatic heterocycles. The third kappa shape index (κ3) is 4.21. The lowest BCUT2D eigenvalue weighted by molar-refractivity contribution is -0.133. The van der Waals surface area contributed by atoms with E-state index in [2.05, 4.69) is 28.9 Å². The van der Waals surface area contributed by atoms with Crippen LogP contribution in [0.5, 0.6) is 0 Å². The summed E-state index contributed by atoms with van der Waals surface area (Å²) in [6.45, 7) is 4.76. The molecule has 2 amide bonds. The molecule has 6 atom stereocenters. The van der Waals surface area contributed by atoms with Crippen LogP contribution in [-0.4, -0.2) is 76.9 Å². The molecule has 2 heterocycles. The van der Waals surface area contributed by atoms with Crippen LogP contribution in [0.4, 0.5) is 0 Å². The van der Waals surface area contributed by atoms with Crippen molar-refractivity contribution in [3.63, 3.8) is 0 Å². The number of piperazine rings is 1. The van der Waals surface area contributed by atoms with Crippen LogP contribution >= 0.6 is 0 Å². The van der Waals surface area contributed by atoms with Gasteiger partial charge >= 0.3 is 0 Å². The van der Waals surface area contributed by atoms with Gasteiger partial charge in [-0.25, -0.2) is 0 Å². The number of hydrogen-bond acceptors (Lipinski definition) is 6. The molecule has 1 aromatic rings. The number of primary amides is 1. The van der Waals surface area contributed by atoms with E-state index in [1.807, 2.05) is 12.1 Å². The number of nitriles is 1. The van der Waals surface area contributed by atoms with E-state index in [-0.39, 0.29) is 24.4 Å². The van der Waals surface area contributed by atoms with Crippen molar-refractivity contribution in [1.29, 1.82) is 5.26 Å². The first-order valence-electron chi connectivity index (χ1n) is 12.8. The highest BCUT2D eigenvalue weighted by Gasteiger charge is 2.48. The quantitative estimate of drug-likeness (QED) is 0.533. The topological polar surface area (TPSA) is 120 Å². The van der Waals surface area contributed by atoms with Crippen LogP contribution in [0.3, 0.4) is 0 Å². The van der Waals surface area contributed by atoms with Gasteiger partial charge in [0.25, 0.3) is 0 Å². The predicted molar refractivity (Wildman–Crippen MR) is 129 cm³/mol. The Bertz CT molecular complexity index is 1010. The van der Waals surface area contributed by atoms with Gasteiger partial charge in [-0.2, -0.15) is 5.26 Å². The highest BCUT2D eigenvalue weighted by Crippen LogP contribution is 2.43. The monoisotopic (exact) mass is 464 g/mol. The maximum atomic E-state index is 13.1. The Hall–Kier alpha value is -2.47. The number of benzene rings is 1. The fourth-order valence-electron chi connectivity index (χ4n) is 6.75. The minimum atomic E-state index is -0.580. The molecule has 5 unspecified atom stereocenters. The standard InChI is InChI=1S/C26H36N6O2/c1-2-3-17-11-24(17)31(9-8-27)26(34)22(28)15-30-13-20-12-19(30)14-32(20)23-7-5-16-10-18(25(29)33)4-6-21(16)23/h4,6,10,17,19-20,22-24H,2-3,5,7,9,11-15,28H2,1H3,(H2,29,33)/t17?,19?,20-,22?,23?,24?/m0/s1. The molecule has 2 aliphatic carbocycles. The Morgan fingerprint density at radius 2 is 2.09 bits per heavy atom. The van der Waals surface area contributed by atoms with E-state index < -0.39 is 6.04 Å². The Morgan fingerprint density at radius 3 is 2.76 bits per heavy atom. The van der Waals surface area contributed by atoms with Gasteiger partial charge in [-0.05, 0) is 61.3 Å². The average Bonchev–Trinajstić information content (AvgIpc) is 3.13.